The number of carbonyl (C=O) groups excluding carboxylic acids is 2. The number of rotatable bonds is 8. The summed E-state index contributed by atoms with van der Waals surface area (Å²) in [5, 5.41) is 2.89. The number of hydrogen-bond acceptors (Lipinski definition) is 5. The summed E-state index contributed by atoms with van der Waals surface area (Å²) in [5.41, 5.74) is 7.86. The first-order chi connectivity index (χ1) is 15.6. The summed E-state index contributed by atoms with van der Waals surface area (Å²) < 4.78 is 18.6. The van der Waals surface area contributed by atoms with Gasteiger partial charge in [0, 0.05) is 18.3 Å². The minimum atomic E-state index is -0.792. The van der Waals surface area contributed by atoms with Gasteiger partial charge in [-0.1, -0.05) is 36.4 Å². The van der Waals surface area contributed by atoms with E-state index in [1.165, 1.54) is 18.3 Å². The summed E-state index contributed by atoms with van der Waals surface area (Å²) in [6.07, 6.45) is 1.96. The van der Waals surface area contributed by atoms with Gasteiger partial charge >= 0.3 is 6.09 Å². The fraction of sp³-hybridized carbons (Fsp3) is 0.280. The quantitative estimate of drug-likeness (QED) is 0.531. The molecule has 0 bridgehead atoms. The third-order valence-corrected chi connectivity index (χ3v) is 5.14. The number of amides is 2. The molecule has 0 aliphatic heterocycles. The Morgan fingerprint density at radius 3 is 2.55 bits per heavy atom. The first-order valence-electron chi connectivity index (χ1n) is 10.6. The molecular formula is C25H27FN4O3. The summed E-state index contributed by atoms with van der Waals surface area (Å²) in [5.74, 6) is -0.305. The third kappa shape index (κ3) is 6.83. The Balaban J connectivity index is 1.61. The van der Waals surface area contributed by atoms with Crippen molar-refractivity contribution in [1.82, 2.24) is 15.3 Å². The number of carbonyl (C=O) groups is 2. The van der Waals surface area contributed by atoms with Gasteiger partial charge in [-0.25, -0.2) is 19.2 Å². The van der Waals surface area contributed by atoms with Crippen LogP contribution in [0.25, 0.3) is 11.4 Å². The standard InChI is InChI=1S/C25H27FN4O3/c1-16-21(15-28-22(30-16)19-8-5-9-20(26)13-19)23(31)29-14-18-7-4-6-17(12-18)10-11-25(2,3)33-24(27)32/h4-9,12-13,15H,10-11,14H2,1-3H3,(H2,27,32)(H,29,31). The molecule has 2 aromatic carbocycles. The molecule has 1 aromatic heterocycles. The highest BCUT2D eigenvalue weighted by molar-refractivity contribution is 5.95. The number of halogens is 1. The molecule has 172 valence electrons. The van der Waals surface area contributed by atoms with Crippen LogP contribution in [0.1, 0.15) is 47.4 Å². The van der Waals surface area contributed by atoms with E-state index in [-0.39, 0.29) is 11.7 Å². The molecule has 0 spiro atoms. The van der Waals surface area contributed by atoms with Gasteiger partial charge in [-0.2, -0.15) is 0 Å². The number of aryl methyl sites for hydroxylation is 2. The van der Waals surface area contributed by atoms with Crippen molar-refractivity contribution < 1.29 is 18.7 Å². The zero-order valence-corrected chi connectivity index (χ0v) is 18.9. The smallest absolute Gasteiger partial charge is 0.405 e. The summed E-state index contributed by atoms with van der Waals surface area (Å²) >= 11 is 0. The molecule has 7 nitrogen and oxygen atoms in total. The van der Waals surface area contributed by atoms with E-state index in [1.54, 1.807) is 19.1 Å². The van der Waals surface area contributed by atoms with E-state index in [1.807, 2.05) is 38.1 Å². The van der Waals surface area contributed by atoms with Crippen molar-refractivity contribution in [2.45, 2.75) is 45.8 Å². The minimum absolute atomic E-state index is 0.292. The fourth-order valence-corrected chi connectivity index (χ4v) is 3.40. The van der Waals surface area contributed by atoms with Crippen molar-refractivity contribution in [1.29, 1.82) is 0 Å². The Morgan fingerprint density at radius 1 is 1.12 bits per heavy atom. The molecule has 3 rings (SSSR count). The number of hydrogen-bond donors (Lipinski definition) is 2. The van der Waals surface area contributed by atoms with Crippen LogP contribution in [0, 0.1) is 12.7 Å². The second kappa shape index (κ2) is 10.2. The van der Waals surface area contributed by atoms with Crippen LogP contribution >= 0.6 is 0 Å². The molecule has 0 saturated carbocycles. The van der Waals surface area contributed by atoms with Gasteiger partial charge in [-0.15, -0.1) is 0 Å². The molecule has 3 aromatic rings. The van der Waals surface area contributed by atoms with Crippen LogP contribution < -0.4 is 11.1 Å². The van der Waals surface area contributed by atoms with E-state index in [2.05, 4.69) is 15.3 Å². The maximum atomic E-state index is 13.5. The third-order valence-electron chi connectivity index (χ3n) is 5.14. The van der Waals surface area contributed by atoms with E-state index in [4.69, 9.17) is 10.5 Å². The molecule has 0 saturated heterocycles. The lowest BCUT2D eigenvalue weighted by molar-refractivity contribution is 0.0394. The van der Waals surface area contributed by atoms with Crippen LogP contribution in [0.15, 0.2) is 54.7 Å². The van der Waals surface area contributed by atoms with Gasteiger partial charge in [0.15, 0.2) is 5.82 Å². The summed E-state index contributed by atoms with van der Waals surface area (Å²) in [6.45, 7) is 5.67. The Morgan fingerprint density at radius 2 is 1.85 bits per heavy atom. The number of nitrogens with zero attached hydrogens (tertiary/aromatic N) is 2. The van der Waals surface area contributed by atoms with E-state index in [0.29, 0.717) is 42.0 Å². The monoisotopic (exact) mass is 450 g/mol. The molecule has 0 aliphatic carbocycles. The molecule has 8 heteroatoms. The lowest BCUT2D eigenvalue weighted by Crippen LogP contribution is -2.31. The van der Waals surface area contributed by atoms with Crippen LogP contribution in [0.4, 0.5) is 9.18 Å². The van der Waals surface area contributed by atoms with E-state index < -0.39 is 11.7 Å². The van der Waals surface area contributed by atoms with Gasteiger partial charge in [-0.05, 0) is 56.9 Å². The van der Waals surface area contributed by atoms with Crippen LogP contribution in [0.2, 0.25) is 0 Å². The summed E-state index contributed by atoms with van der Waals surface area (Å²) in [7, 11) is 0. The predicted octanol–water partition coefficient (Wildman–Crippen LogP) is 4.33. The summed E-state index contributed by atoms with van der Waals surface area (Å²) in [6, 6.07) is 13.8. The largest absolute Gasteiger partial charge is 0.444 e. The van der Waals surface area contributed by atoms with Gasteiger partial charge in [0.2, 0.25) is 0 Å². The lowest BCUT2D eigenvalue weighted by Gasteiger charge is -2.23. The Bertz CT molecular complexity index is 1160. The van der Waals surface area contributed by atoms with Crippen molar-refractivity contribution in [2.24, 2.45) is 5.73 Å². The minimum Gasteiger partial charge on any atom is -0.444 e. The molecule has 0 radical (unpaired) electrons. The van der Waals surface area contributed by atoms with Crippen molar-refractivity contribution in [2.75, 3.05) is 0 Å². The number of nitrogens with one attached hydrogen (secondary N) is 1. The first-order valence-corrected chi connectivity index (χ1v) is 10.6. The molecule has 0 atom stereocenters. The van der Waals surface area contributed by atoms with Crippen molar-refractivity contribution in [3.63, 3.8) is 0 Å². The van der Waals surface area contributed by atoms with Crippen LogP contribution in [-0.2, 0) is 17.7 Å². The number of nitrogens with two attached hydrogens (primary N) is 1. The van der Waals surface area contributed by atoms with Gasteiger partial charge in [0.25, 0.3) is 5.91 Å². The molecule has 0 unspecified atom stereocenters. The maximum Gasteiger partial charge on any atom is 0.405 e. The van der Waals surface area contributed by atoms with Crippen LogP contribution in [0.3, 0.4) is 0 Å². The highest BCUT2D eigenvalue weighted by Gasteiger charge is 2.21. The van der Waals surface area contributed by atoms with Crippen LogP contribution in [0.5, 0.6) is 0 Å². The molecule has 33 heavy (non-hydrogen) atoms. The Hall–Kier alpha value is -3.81. The van der Waals surface area contributed by atoms with Crippen molar-refractivity contribution in [3.8, 4) is 11.4 Å². The van der Waals surface area contributed by atoms with Crippen molar-refractivity contribution in [3.05, 3.63) is 82.9 Å². The highest BCUT2D eigenvalue weighted by atomic mass is 19.1. The molecule has 2 amide bonds. The molecule has 0 aliphatic rings. The van der Waals surface area contributed by atoms with Gasteiger partial charge in [0.05, 0.1) is 11.3 Å². The maximum absolute atomic E-state index is 13.5. The highest BCUT2D eigenvalue weighted by Crippen LogP contribution is 2.19. The average Bonchev–Trinajstić information content (AvgIpc) is 2.75. The number of benzene rings is 2. The van der Waals surface area contributed by atoms with E-state index in [9.17, 15) is 14.0 Å². The zero-order valence-electron chi connectivity index (χ0n) is 18.9. The number of ether oxygens (including phenoxy) is 1. The number of aromatic nitrogens is 2. The van der Waals surface area contributed by atoms with Gasteiger partial charge in [-0.3, -0.25) is 4.79 Å². The predicted molar refractivity (Wildman–Crippen MR) is 123 cm³/mol. The Kier molecular flexibility index (Phi) is 7.37. The van der Waals surface area contributed by atoms with Crippen molar-refractivity contribution >= 4 is 12.0 Å². The topological polar surface area (TPSA) is 107 Å². The van der Waals surface area contributed by atoms with Gasteiger partial charge in [0.1, 0.15) is 11.4 Å². The Labute approximate surface area is 192 Å². The lowest BCUT2D eigenvalue weighted by atomic mass is 9.97. The summed E-state index contributed by atoms with van der Waals surface area (Å²) in [4.78, 5) is 32.3. The average molecular weight is 451 g/mol. The molecule has 3 N–H and O–H groups in total. The second-order valence-corrected chi connectivity index (χ2v) is 8.39. The van der Waals surface area contributed by atoms with E-state index >= 15 is 0 Å². The first kappa shape index (κ1) is 23.8. The second-order valence-electron chi connectivity index (χ2n) is 8.39. The zero-order chi connectivity index (χ0) is 24.0. The number of primary amides is 1. The van der Waals surface area contributed by atoms with Crippen LogP contribution in [-0.4, -0.2) is 27.6 Å². The van der Waals surface area contributed by atoms with E-state index in [0.717, 1.165) is 11.1 Å². The SMILES string of the molecule is Cc1nc(-c2cccc(F)c2)ncc1C(=O)NCc1cccc(CCC(C)(C)OC(N)=O)c1. The molecule has 1 heterocycles. The molecule has 0 fully saturated rings. The van der Waals surface area contributed by atoms with Gasteiger partial charge < -0.3 is 15.8 Å². The fourth-order valence-electron chi connectivity index (χ4n) is 3.40. The normalized spacial score (nSPS) is 11.2. The molecular weight excluding hydrogens is 423 g/mol.